The van der Waals surface area contributed by atoms with Crippen LogP contribution in [0.2, 0.25) is 0 Å². The summed E-state index contributed by atoms with van der Waals surface area (Å²) in [7, 11) is 1.61. The van der Waals surface area contributed by atoms with Gasteiger partial charge in [-0.05, 0) is 12.5 Å². The Morgan fingerprint density at radius 2 is 1.92 bits per heavy atom. The van der Waals surface area contributed by atoms with Crippen LogP contribution in [-0.2, 0) is 4.74 Å². The van der Waals surface area contributed by atoms with Crippen molar-refractivity contribution in [3.63, 3.8) is 0 Å². The Kier molecular flexibility index (Phi) is 3.09. The summed E-state index contributed by atoms with van der Waals surface area (Å²) in [5.74, 6) is 0.677. The Balaban J connectivity index is 2.87. The van der Waals surface area contributed by atoms with Gasteiger partial charge in [0.25, 0.3) is 0 Å². The fourth-order valence-corrected chi connectivity index (χ4v) is 1.09. The van der Waals surface area contributed by atoms with Crippen LogP contribution in [0.4, 0.5) is 0 Å². The van der Waals surface area contributed by atoms with E-state index in [1.54, 1.807) is 7.11 Å². The monoisotopic (exact) mass is 177 g/mol. The van der Waals surface area contributed by atoms with E-state index < -0.39 is 0 Å². The van der Waals surface area contributed by atoms with Crippen molar-refractivity contribution in [3.8, 4) is 0 Å². The molecule has 0 aliphatic heterocycles. The normalized spacial score (nSPS) is 12.2. The van der Waals surface area contributed by atoms with E-state index in [1.807, 2.05) is 31.2 Å². The van der Waals surface area contributed by atoms with Gasteiger partial charge in [-0.2, -0.15) is 0 Å². The lowest BCUT2D eigenvalue weighted by molar-refractivity contribution is 0.371. The van der Waals surface area contributed by atoms with Gasteiger partial charge < -0.3 is 10.5 Å². The third kappa shape index (κ3) is 2.33. The van der Waals surface area contributed by atoms with Gasteiger partial charge in [-0.1, -0.05) is 30.8 Å². The number of nitrogens with two attached hydrogens (primary N) is 1. The number of rotatable bonds is 3. The Hall–Kier alpha value is -1.28. The van der Waals surface area contributed by atoms with E-state index in [0.717, 1.165) is 11.1 Å². The lowest BCUT2D eigenvalue weighted by atomic mass is 10.1. The van der Waals surface area contributed by atoms with Crippen LogP contribution in [-0.4, -0.2) is 7.11 Å². The summed E-state index contributed by atoms with van der Waals surface area (Å²) in [6, 6.07) is 7.98. The molecule has 0 amide bonds. The fourth-order valence-electron chi connectivity index (χ4n) is 1.09. The molecule has 0 aromatic heterocycles. The van der Waals surface area contributed by atoms with Gasteiger partial charge in [0.1, 0.15) is 5.76 Å². The molecule has 0 aliphatic rings. The second kappa shape index (κ2) is 4.10. The molecule has 1 aromatic rings. The van der Waals surface area contributed by atoms with Gasteiger partial charge in [0, 0.05) is 11.6 Å². The highest BCUT2D eigenvalue weighted by atomic mass is 16.5. The Morgan fingerprint density at radius 1 is 1.38 bits per heavy atom. The third-order valence-corrected chi connectivity index (χ3v) is 2.00. The molecule has 0 saturated heterocycles. The average Bonchev–Trinajstić information content (AvgIpc) is 2.17. The van der Waals surface area contributed by atoms with Crippen molar-refractivity contribution in [2.75, 3.05) is 7.11 Å². The number of benzene rings is 1. The molecule has 0 radical (unpaired) electrons. The highest BCUT2D eigenvalue weighted by Crippen LogP contribution is 2.16. The number of hydrogen-bond donors (Lipinski definition) is 1. The molecule has 2 heteroatoms. The summed E-state index contributed by atoms with van der Waals surface area (Å²) in [6.45, 7) is 5.72. The second-order valence-electron chi connectivity index (χ2n) is 3.04. The molecule has 0 saturated carbocycles. The molecule has 1 aromatic carbocycles. The summed E-state index contributed by atoms with van der Waals surface area (Å²) in [4.78, 5) is 0. The minimum absolute atomic E-state index is 0.0739. The van der Waals surface area contributed by atoms with Gasteiger partial charge in [0.15, 0.2) is 0 Å². The van der Waals surface area contributed by atoms with Crippen molar-refractivity contribution in [3.05, 3.63) is 42.0 Å². The SMILES string of the molecule is C=C(OC)c1ccc([C@H](C)N)cc1. The van der Waals surface area contributed by atoms with E-state index in [1.165, 1.54) is 0 Å². The van der Waals surface area contributed by atoms with Gasteiger partial charge in [-0.3, -0.25) is 0 Å². The number of methoxy groups -OCH3 is 1. The van der Waals surface area contributed by atoms with Crippen LogP contribution in [0.25, 0.3) is 5.76 Å². The first-order chi connectivity index (χ1) is 6.15. The third-order valence-electron chi connectivity index (χ3n) is 2.00. The predicted molar refractivity (Wildman–Crippen MR) is 55.1 cm³/mol. The molecule has 0 unspecified atom stereocenters. The van der Waals surface area contributed by atoms with E-state index in [0.29, 0.717) is 5.76 Å². The highest BCUT2D eigenvalue weighted by Gasteiger charge is 2.00. The summed E-state index contributed by atoms with van der Waals surface area (Å²) < 4.78 is 5.01. The van der Waals surface area contributed by atoms with Crippen molar-refractivity contribution in [2.45, 2.75) is 13.0 Å². The second-order valence-corrected chi connectivity index (χ2v) is 3.04. The van der Waals surface area contributed by atoms with Crippen LogP contribution in [0.5, 0.6) is 0 Å². The van der Waals surface area contributed by atoms with Crippen molar-refractivity contribution in [2.24, 2.45) is 5.73 Å². The van der Waals surface area contributed by atoms with Crippen LogP contribution < -0.4 is 5.73 Å². The minimum Gasteiger partial charge on any atom is -0.497 e. The average molecular weight is 177 g/mol. The molecule has 2 N–H and O–H groups in total. The number of hydrogen-bond acceptors (Lipinski definition) is 2. The first-order valence-corrected chi connectivity index (χ1v) is 4.24. The predicted octanol–water partition coefficient (Wildman–Crippen LogP) is 2.32. The molecule has 0 spiro atoms. The molecule has 70 valence electrons. The molecule has 0 aliphatic carbocycles. The summed E-state index contributed by atoms with van der Waals surface area (Å²) in [5, 5.41) is 0. The minimum atomic E-state index is 0.0739. The van der Waals surface area contributed by atoms with Gasteiger partial charge in [0.05, 0.1) is 7.11 Å². The van der Waals surface area contributed by atoms with Gasteiger partial charge >= 0.3 is 0 Å². The Labute approximate surface area is 79.0 Å². The first-order valence-electron chi connectivity index (χ1n) is 4.24. The standard InChI is InChI=1S/C11H15NO/c1-8(12)10-4-6-11(7-5-10)9(2)13-3/h4-8H,2,12H2,1,3H3/t8-/m0/s1. The maximum atomic E-state index is 5.72. The van der Waals surface area contributed by atoms with Crippen LogP contribution >= 0.6 is 0 Å². The van der Waals surface area contributed by atoms with Crippen LogP contribution in [0, 0.1) is 0 Å². The summed E-state index contributed by atoms with van der Waals surface area (Å²) in [6.07, 6.45) is 0. The molecule has 0 fully saturated rings. The molecular formula is C11H15NO. The zero-order valence-corrected chi connectivity index (χ0v) is 8.08. The Morgan fingerprint density at radius 3 is 2.31 bits per heavy atom. The summed E-state index contributed by atoms with van der Waals surface area (Å²) >= 11 is 0. The maximum Gasteiger partial charge on any atom is 0.118 e. The maximum absolute atomic E-state index is 5.72. The molecular weight excluding hydrogens is 162 g/mol. The van der Waals surface area contributed by atoms with E-state index in [2.05, 4.69) is 6.58 Å². The molecule has 1 atom stereocenters. The molecule has 2 nitrogen and oxygen atoms in total. The lowest BCUT2D eigenvalue weighted by Gasteiger charge is -2.07. The van der Waals surface area contributed by atoms with Crippen molar-refractivity contribution >= 4 is 5.76 Å². The topological polar surface area (TPSA) is 35.2 Å². The van der Waals surface area contributed by atoms with Gasteiger partial charge in [-0.25, -0.2) is 0 Å². The van der Waals surface area contributed by atoms with Crippen LogP contribution in [0.3, 0.4) is 0 Å². The van der Waals surface area contributed by atoms with Crippen LogP contribution in [0.15, 0.2) is 30.8 Å². The lowest BCUT2D eigenvalue weighted by Crippen LogP contribution is -2.04. The van der Waals surface area contributed by atoms with Gasteiger partial charge in [-0.15, -0.1) is 0 Å². The fraction of sp³-hybridized carbons (Fsp3) is 0.273. The quantitative estimate of drug-likeness (QED) is 0.719. The first kappa shape index (κ1) is 9.81. The van der Waals surface area contributed by atoms with E-state index in [4.69, 9.17) is 10.5 Å². The zero-order chi connectivity index (χ0) is 9.84. The van der Waals surface area contributed by atoms with Crippen molar-refractivity contribution in [1.29, 1.82) is 0 Å². The molecule has 13 heavy (non-hydrogen) atoms. The van der Waals surface area contributed by atoms with Gasteiger partial charge in [0.2, 0.25) is 0 Å². The Bertz CT molecular complexity index is 287. The molecule has 1 rings (SSSR count). The highest BCUT2D eigenvalue weighted by molar-refractivity contribution is 5.57. The largest absolute Gasteiger partial charge is 0.497 e. The number of ether oxygens (including phenoxy) is 1. The van der Waals surface area contributed by atoms with E-state index in [-0.39, 0.29) is 6.04 Å². The van der Waals surface area contributed by atoms with E-state index >= 15 is 0 Å². The smallest absolute Gasteiger partial charge is 0.118 e. The zero-order valence-electron chi connectivity index (χ0n) is 8.08. The van der Waals surface area contributed by atoms with Crippen LogP contribution in [0.1, 0.15) is 24.1 Å². The van der Waals surface area contributed by atoms with Crippen molar-refractivity contribution < 1.29 is 4.74 Å². The molecule has 0 bridgehead atoms. The van der Waals surface area contributed by atoms with Crippen molar-refractivity contribution in [1.82, 2.24) is 0 Å². The molecule has 0 heterocycles. The summed E-state index contributed by atoms with van der Waals surface area (Å²) in [5.41, 5.74) is 7.83. The van der Waals surface area contributed by atoms with E-state index in [9.17, 15) is 0 Å².